The van der Waals surface area contributed by atoms with E-state index in [-0.39, 0.29) is 18.9 Å². The molecule has 1 amide bonds. The number of aliphatic hydroxyl groups is 11. The lowest BCUT2D eigenvalue weighted by molar-refractivity contribution is -0.379. The molecule has 0 spiro atoms. The molecule has 0 saturated carbocycles. The van der Waals surface area contributed by atoms with Crippen LogP contribution in [0.5, 0.6) is 0 Å². The Balaban J connectivity index is 1.61. The van der Waals surface area contributed by atoms with Crippen LogP contribution in [0.1, 0.15) is 104 Å². The minimum absolute atomic E-state index is 0.244. The average molecular weight is 856 g/mol. The molecule has 3 heterocycles. The Bertz CT molecular complexity index is 1170. The lowest BCUT2D eigenvalue weighted by Crippen LogP contribution is -2.66. The molecule has 17 atom stereocenters. The Morgan fingerprint density at radius 2 is 1.05 bits per heavy atom. The van der Waals surface area contributed by atoms with Gasteiger partial charge in [-0.3, -0.25) is 4.79 Å². The van der Waals surface area contributed by atoms with Crippen molar-refractivity contribution in [2.75, 3.05) is 26.4 Å². The fraction of sp³-hybridized carbons (Fsp3) is 0.925. The Kier molecular flexibility index (Phi) is 24.2. The number of ether oxygens (including phenoxy) is 6. The Morgan fingerprint density at radius 3 is 1.59 bits per heavy atom. The first-order valence-electron chi connectivity index (χ1n) is 21.4. The lowest BCUT2D eigenvalue weighted by atomic mass is 9.96. The normalized spacial score (nSPS) is 36.5. The van der Waals surface area contributed by atoms with Gasteiger partial charge in [0.15, 0.2) is 18.9 Å². The maximum Gasteiger partial charge on any atom is 0.220 e. The summed E-state index contributed by atoms with van der Waals surface area (Å²) in [5.74, 6) is -0.290. The van der Waals surface area contributed by atoms with Gasteiger partial charge in [-0.25, -0.2) is 0 Å². The summed E-state index contributed by atoms with van der Waals surface area (Å²) in [4.78, 5) is 13.0. The van der Waals surface area contributed by atoms with E-state index in [9.17, 15) is 61.0 Å². The van der Waals surface area contributed by atoms with E-state index < -0.39 is 124 Å². The molecule has 3 fully saturated rings. The van der Waals surface area contributed by atoms with Gasteiger partial charge in [0.2, 0.25) is 5.91 Å². The van der Waals surface area contributed by atoms with Crippen molar-refractivity contribution in [3.05, 3.63) is 12.2 Å². The highest BCUT2D eigenvalue weighted by Crippen LogP contribution is 2.33. The number of carbonyl (C=O) groups excluding carboxylic acids is 1. The van der Waals surface area contributed by atoms with Crippen molar-refractivity contribution in [2.45, 2.75) is 208 Å². The van der Waals surface area contributed by atoms with Gasteiger partial charge in [0.1, 0.15) is 73.2 Å². The number of nitrogens with one attached hydrogen (secondary N) is 1. The molecule has 0 aromatic heterocycles. The van der Waals surface area contributed by atoms with E-state index in [0.717, 1.165) is 44.9 Å². The number of amides is 1. The van der Waals surface area contributed by atoms with Crippen LogP contribution in [-0.2, 0) is 33.2 Å². The number of hydrogen-bond acceptors (Lipinski definition) is 18. The highest BCUT2D eigenvalue weighted by Gasteiger charge is 2.53. The van der Waals surface area contributed by atoms with Crippen LogP contribution in [0.15, 0.2) is 12.2 Å². The van der Waals surface area contributed by atoms with Crippen LogP contribution in [-0.4, -0.2) is 193 Å². The molecule has 3 saturated heterocycles. The third-order valence-electron chi connectivity index (χ3n) is 11.1. The van der Waals surface area contributed by atoms with E-state index in [1.54, 1.807) is 6.08 Å². The summed E-state index contributed by atoms with van der Waals surface area (Å²) < 4.78 is 33.8. The molecule has 3 rings (SSSR count). The van der Waals surface area contributed by atoms with Gasteiger partial charge >= 0.3 is 0 Å². The molecule has 0 aromatic carbocycles. The van der Waals surface area contributed by atoms with Crippen LogP contribution in [0.2, 0.25) is 0 Å². The standard InChI is InChI=1S/C40H73NO18/c1-3-5-7-9-10-11-12-14-16-18-28(46)41-23(24(45)17-15-13-8-6-4-2)22-54-38-34(52)31(49)36(26(20-43)56-38)59-40-35(53)32(50)37(27(21-44)57-40)58-39-33(51)30(48)29(47)25(19-42)55-39/h15,17,23-27,29-40,42-45,47-53H,3-14,16,18-22H2,1-2H3,(H,41,46)/b17-15+. The quantitative estimate of drug-likeness (QED) is 0.0326. The number of unbranched alkanes of at least 4 members (excludes halogenated alkanes) is 11. The third-order valence-corrected chi connectivity index (χ3v) is 11.1. The zero-order chi connectivity index (χ0) is 43.5. The van der Waals surface area contributed by atoms with E-state index in [1.165, 1.54) is 32.1 Å². The number of hydrogen-bond donors (Lipinski definition) is 12. The SMILES string of the molecule is CCCCC/C=C/C(O)C(COC1OC(CO)C(OC2OC(CO)C(OC3OC(CO)C(O)C(O)C3O)C(O)C2O)C(O)C1O)NC(=O)CCCCCCCCCCC. The first-order valence-corrected chi connectivity index (χ1v) is 21.4. The van der Waals surface area contributed by atoms with Crippen LogP contribution in [0.25, 0.3) is 0 Å². The zero-order valence-corrected chi connectivity index (χ0v) is 34.5. The fourth-order valence-corrected chi connectivity index (χ4v) is 7.36. The average Bonchev–Trinajstić information content (AvgIpc) is 3.23. The van der Waals surface area contributed by atoms with Gasteiger partial charge < -0.3 is 89.9 Å². The second-order valence-electron chi connectivity index (χ2n) is 15.8. The largest absolute Gasteiger partial charge is 0.394 e. The third kappa shape index (κ3) is 15.7. The first kappa shape index (κ1) is 51.9. The predicted molar refractivity (Wildman–Crippen MR) is 208 cm³/mol. The molecule has 12 N–H and O–H groups in total. The zero-order valence-electron chi connectivity index (χ0n) is 34.5. The summed E-state index contributed by atoms with van der Waals surface area (Å²) in [7, 11) is 0. The van der Waals surface area contributed by atoms with Gasteiger partial charge in [-0.2, -0.15) is 0 Å². The molecule has 0 aliphatic carbocycles. The van der Waals surface area contributed by atoms with E-state index in [1.807, 2.05) is 6.08 Å². The lowest BCUT2D eigenvalue weighted by Gasteiger charge is -2.48. The molecule has 17 unspecified atom stereocenters. The minimum atomic E-state index is -1.97. The van der Waals surface area contributed by atoms with Crippen LogP contribution in [0.3, 0.4) is 0 Å². The number of allylic oxidation sites excluding steroid dienone is 1. The molecule has 0 aromatic rings. The molecule has 19 heteroatoms. The fourth-order valence-electron chi connectivity index (χ4n) is 7.36. The molecular formula is C40H73NO18. The maximum atomic E-state index is 13.0. The molecule has 3 aliphatic rings. The van der Waals surface area contributed by atoms with Crippen molar-refractivity contribution in [3.8, 4) is 0 Å². The maximum absolute atomic E-state index is 13.0. The summed E-state index contributed by atoms with van der Waals surface area (Å²) in [6.07, 6.45) is -9.62. The van der Waals surface area contributed by atoms with E-state index in [4.69, 9.17) is 28.4 Å². The van der Waals surface area contributed by atoms with Crippen LogP contribution in [0.4, 0.5) is 0 Å². The van der Waals surface area contributed by atoms with E-state index in [2.05, 4.69) is 19.2 Å². The van der Waals surface area contributed by atoms with Crippen molar-refractivity contribution in [1.29, 1.82) is 0 Å². The highest BCUT2D eigenvalue weighted by atomic mass is 16.8. The molecule has 346 valence electrons. The molecule has 59 heavy (non-hydrogen) atoms. The number of aliphatic hydroxyl groups excluding tert-OH is 11. The summed E-state index contributed by atoms with van der Waals surface area (Å²) in [5, 5.41) is 118. The monoisotopic (exact) mass is 855 g/mol. The van der Waals surface area contributed by atoms with E-state index in [0.29, 0.717) is 6.42 Å². The van der Waals surface area contributed by atoms with Crippen LogP contribution >= 0.6 is 0 Å². The Morgan fingerprint density at radius 1 is 0.593 bits per heavy atom. The van der Waals surface area contributed by atoms with Crippen molar-refractivity contribution in [2.24, 2.45) is 0 Å². The van der Waals surface area contributed by atoms with Gasteiger partial charge in [0.05, 0.1) is 38.6 Å². The summed E-state index contributed by atoms with van der Waals surface area (Å²) >= 11 is 0. The van der Waals surface area contributed by atoms with Gasteiger partial charge in [0.25, 0.3) is 0 Å². The smallest absolute Gasteiger partial charge is 0.220 e. The summed E-state index contributed by atoms with van der Waals surface area (Å²) in [6, 6.07) is -0.959. The van der Waals surface area contributed by atoms with Crippen molar-refractivity contribution >= 4 is 5.91 Å². The van der Waals surface area contributed by atoms with Gasteiger partial charge in [-0.15, -0.1) is 0 Å². The highest BCUT2D eigenvalue weighted by molar-refractivity contribution is 5.76. The molecule has 19 nitrogen and oxygen atoms in total. The Labute approximate surface area is 346 Å². The second kappa shape index (κ2) is 27.6. The summed E-state index contributed by atoms with van der Waals surface area (Å²) in [5.41, 5.74) is 0. The number of carbonyl (C=O) groups is 1. The van der Waals surface area contributed by atoms with Gasteiger partial charge in [-0.1, -0.05) is 90.2 Å². The number of rotatable bonds is 27. The Hall–Kier alpha value is -1.47. The van der Waals surface area contributed by atoms with E-state index >= 15 is 0 Å². The predicted octanol–water partition coefficient (Wildman–Crippen LogP) is -1.65. The molecule has 0 radical (unpaired) electrons. The van der Waals surface area contributed by atoms with Crippen LogP contribution < -0.4 is 5.32 Å². The van der Waals surface area contributed by atoms with Crippen molar-refractivity contribution in [3.63, 3.8) is 0 Å². The minimum Gasteiger partial charge on any atom is -0.394 e. The topological polar surface area (TPSA) is 307 Å². The molecule has 3 aliphatic heterocycles. The molecular weight excluding hydrogens is 782 g/mol. The first-order chi connectivity index (χ1) is 28.3. The summed E-state index contributed by atoms with van der Waals surface area (Å²) in [6.45, 7) is 1.49. The van der Waals surface area contributed by atoms with Crippen molar-refractivity contribution in [1.82, 2.24) is 5.32 Å². The molecule has 0 bridgehead atoms. The van der Waals surface area contributed by atoms with Gasteiger partial charge in [-0.05, 0) is 19.3 Å². The van der Waals surface area contributed by atoms with Crippen molar-refractivity contribution < 1.29 is 89.4 Å². The van der Waals surface area contributed by atoms with Crippen LogP contribution in [0, 0.1) is 0 Å². The second-order valence-corrected chi connectivity index (χ2v) is 15.8. The van der Waals surface area contributed by atoms with Gasteiger partial charge in [0, 0.05) is 6.42 Å².